The third kappa shape index (κ3) is 28.7. The van der Waals surface area contributed by atoms with Gasteiger partial charge < -0.3 is 20.4 Å². The van der Waals surface area contributed by atoms with Gasteiger partial charge in [-0.25, -0.2) is 0 Å². The zero-order valence-corrected chi connectivity index (χ0v) is 26.8. The van der Waals surface area contributed by atoms with Crippen LogP contribution in [0.15, 0.2) is 0 Å². The smallest absolute Gasteiger partial charge is 0.0586 e. The van der Waals surface area contributed by atoms with E-state index >= 15 is 0 Å². The first kappa shape index (κ1) is 43.6. The van der Waals surface area contributed by atoms with Crippen LogP contribution in [0, 0.1) is 47.3 Å². The molecule has 0 spiro atoms. The van der Waals surface area contributed by atoms with Crippen LogP contribution in [-0.4, -0.2) is 44.8 Å². The minimum absolute atomic E-state index is 0. The molecule has 0 fully saturated rings. The molecule has 0 aromatic heterocycles. The van der Waals surface area contributed by atoms with Crippen LogP contribution in [0.2, 0.25) is 0 Å². The van der Waals surface area contributed by atoms with E-state index in [0.717, 1.165) is 0 Å². The van der Waals surface area contributed by atoms with Crippen LogP contribution >= 0.6 is 0 Å². The van der Waals surface area contributed by atoms with E-state index in [2.05, 4.69) is 0 Å². The first-order valence-corrected chi connectivity index (χ1v) is 12.9. The number of hydrogen-bond donors (Lipinski definition) is 4. The van der Waals surface area contributed by atoms with Crippen LogP contribution in [0.3, 0.4) is 0 Å². The number of aliphatic hydroxyl groups is 4. The van der Waals surface area contributed by atoms with Gasteiger partial charge in [-0.1, -0.05) is 111 Å². The number of rotatable bonds is 8. The van der Waals surface area contributed by atoms with Crippen molar-refractivity contribution in [2.45, 2.75) is 135 Å². The minimum atomic E-state index is -0.130. The Hall–Kier alpha value is 0.554. The third-order valence-electron chi connectivity index (χ3n) is 5.46. The summed E-state index contributed by atoms with van der Waals surface area (Å²) in [5, 5.41) is 36.8. The maximum absolute atomic E-state index is 9.20. The van der Waals surface area contributed by atoms with E-state index in [0.29, 0.717) is 47.3 Å². The van der Waals surface area contributed by atoms with Gasteiger partial charge in [0.2, 0.25) is 0 Å². The second-order valence-corrected chi connectivity index (χ2v) is 11.9. The molecule has 33 heavy (non-hydrogen) atoms. The molecular formula is C28H64O4Ti. The van der Waals surface area contributed by atoms with E-state index in [-0.39, 0.29) is 46.1 Å². The molecule has 0 amide bonds. The SMILES string of the molecule is CC(C)C(O)C(C)C.CC(C)C(O)C(C)C.CC(C)C(O)C(C)C.CC(C)C(O)C(C)C.[Ti]. The Balaban J connectivity index is -0.000000105. The monoisotopic (exact) mass is 512 g/mol. The average Bonchev–Trinajstić information content (AvgIpc) is 2.65. The summed E-state index contributed by atoms with van der Waals surface area (Å²) in [4.78, 5) is 0. The van der Waals surface area contributed by atoms with E-state index in [1.54, 1.807) is 0 Å². The summed E-state index contributed by atoms with van der Waals surface area (Å²) in [6, 6.07) is 0. The first-order chi connectivity index (χ1) is 14.2. The van der Waals surface area contributed by atoms with Crippen molar-refractivity contribution >= 4 is 0 Å². The van der Waals surface area contributed by atoms with Crippen LogP contribution < -0.4 is 0 Å². The molecule has 5 heteroatoms. The summed E-state index contributed by atoms with van der Waals surface area (Å²) in [5.74, 6) is 3.19. The Labute approximate surface area is 224 Å². The van der Waals surface area contributed by atoms with E-state index in [4.69, 9.17) is 0 Å². The molecule has 0 saturated heterocycles. The quantitative estimate of drug-likeness (QED) is 0.275. The fraction of sp³-hybridized carbons (Fsp3) is 1.00. The Kier molecular flexibility index (Phi) is 32.1. The van der Waals surface area contributed by atoms with Gasteiger partial charge in [-0.05, 0) is 47.3 Å². The molecule has 4 N–H and O–H groups in total. The largest absolute Gasteiger partial charge is 0.393 e. The van der Waals surface area contributed by atoms with Gasteiger partial charge in [-0.3, -0.25) is 0 Å². The second kappa shape index (κ2) is 24.3. The van der Waals surface area contributed by atoms with Crippen molar-refractivity contribution in [3.05, 3.63) is 0 Å². The Bertz CT molecular complexity index is 276. The number of hydrogen-bond acceptors (Lipinski definition) is 4. The molecule has 0 radical (unpaired) electrons. The van der Waals surface area contributed by atoms with Crippen molar-refractivity contribution in [2.75, 3.05) is 0 Å². The molecule has 0 aliphatic carbocycles. The van der Waals surface area contributed by atoms with Crippen molar-refractivity contribution in [1.82, 2.24) is 0 Å². The fourth-order valence-corrected chi connectivity index (χ4v) is 3.08. The summed E-state index contributed by atoms with van der Waals surface area (Å²) < 4.78 is 0. The Morgan fingerprint density at radius 1 is 0.242 bits per heavy atom. The molecule has 0 heterocycles. The summed E-state index contributed by atoms with van der Waals surface area (Å²) in [6.07, 6.45) is -0.519. The fourth-order valence-electron chi connectivity index (χ4n) is 3.08. The maximum atomic E-state index is 9.20. The predicted molar refractivity (Wildman–Crippen MR) is 143 cm³/mol. The molecule has 0 bridgehead atoms. The normalized spacial score (nSPS) is 11.6. The van der Waals surface area contributed by atoms with Crippen LogP contribution in [0.5, 0.6) is 0 Å². The third-order valence-corrected chi connectivity index (χ3v) is 5.46. The van der Waals surface area contributed by atoms with E-state index < -0.39 is 0 Å². The standard InChI is InChI=1S/4C7H16O.Ti/c4*1-5(2)7(8)6(3)4;/h4*5-8H,1-4H3;. The van der Waals surface area contributed by atoms with E-state index in [1.165, 1.54) is 0 Å². The first-order valence-electron chi connectivity index (χ1n) is 12.9. The van der Waals surface area contributed by atoms with Crippen LogP contribution in [0.4, 0.5) is 0 Å². The second-order valence-electron chi connectivity index (χ2n) is 11.9. The summed E-state index contributed by atoms with van der Waals surface area (Å²) in [6.45, 7) is 32.5. The number of aliphatic hydroxyl groups excluding tert-OH is 4. The molecule has 4 nitrogen and oxygen atoms in total. The average molecular weight is 513 g/mol. The van der Waals surface area contributed by atoms with Crippen molar-refractivity contribution in [3.8, 4) is 0 Å². The van der Waals surface area contributed by atoms with Crippen molar-refractivity contribution < 1.29 is 42.1 Å². The van der Waals surface area contributed by atoms with E-state index in [9.17, 15) is 20.4 Å². The zero-order valence-electron chi connectivity index (χ0n) is 25.2. The van der Waals surface area contributed by atoms with Gasteiger partial charge in [0.15, 0.2) is 0 Å². The van der Waals surface area contributed by atoms with Gasteiger partial charge in [0.1, 0.15) is 0 Å². The summed E-state index contributed by atoms with van der Waals surface area (Å²) in [7, 11) is 0. The van der Waals surface area contributed by atoms with Gasteiger partial charge in [0.25, 0.3) is 0 Å². The van der Waals surface area contributed by atoms with Gasteiger partial charge in [0, 0.05) is 21.7 Å². The molecule has 0 aliphatic rings. The van der Waals surface area contributed by atoms with Gasteiger partial charge in [-0.2, -0.15) is 0 Å². The Morgan fingerprint density at radius 2 is 0.303 bits per heavy atom. The topological polar surface area (TPSA) is 80.9 Å². The van der Waals surface area contributed by atoms with Crippen LogP contribution in [-0.2, 0) is 21.7 Å². The molecular weight excluding hydrogens is 448 g/mol. The van der Waals surface area contributed by atoms with Crippen LogP contribution in [0.1, 0.15) is 111 Å². The van der Waals surface area contributed by atoms with Crippen LogP contribution in [0.25, 0.3) is 0 Å². The minimum Gasteiger partial charge on any atom is -0.393 e. The predicted octanol–water partition coefficient (Wildman–Crippen LogP) is 6.63. The van der Waals surface area contributed by atoms with Gasteiger partial charge >= 0.3 is 0 Å². The molecule has 0 unspecified atom stereocenters. The summed E-state index contributed by atoms with van der Waals surface area (Å²) >= 11 is 0. The van der Waals surface area contributed by atoms with Gasteiger partial charge in [-0.15, -0.1) is 0 Å². The molecule has 0 aromatic rings. The van der Waals surface area contributed by atoms with Crippen molar-refractivity contribution in [1.29, 1.82) is 0 Å². The molecule has 0 saturated carbocycles. The molecule has 204 valence electrons. The Morgan fingerprint density at radius 3 is 0.303 bits per heavy atom. The molecule has 0 aromatic carbocycles. The zero-order chi connectivity index (χ0) is 26.9. The van der Waals surface area contributed by atoms with Gasteiger partial charge in [0.05, 0.1) is 24.4 Å². The summed E-state index contributed by atoms with van der Waals surface area (Å²) in [5.41, 5.74) is 0. The molecule has 0 aliphatic heterocycles. The van der Waals surface area contributed by atoms with E-state index in [1.807, 2.05) is 111 Å². The maximum Gasteiger partial charge on any atom is 0.0586 e. The molecule has 0 atom stereocenters. The van der Waals surface area contributed by atoms with Crippen molar-refractivity contribution in [2.24, 2.45) is 47.3 Å². The molecule has 0 rings (SSSR count). The van der Waals surface area contributed by atoms with Crippen molar-refractivity contribution in [3.63, 3.8) is 0 Å².